The Balaban J connectivity index is 2.21. The summed E-state index contributed by atoms with van der Waals surface area (Å²) in [6.07, 6.45) is 3.64. The van der Waals surface area contributed by atoms with Crippen molar-refractivity contribution in [3.63, 3.8) is 0 Å². The van der Waals surface area contributed by atoms with Crippen molar-refractivity contribution >= 4 is 39.5 Å². The van der Waals surface area contributed by atoms with Gasteiger partial charge in [0.1, 0.15) is 5.60 Å². The van der Waals surface area contributed by atoms with Crippen molar-refractivity contribution in [1.82, 2.24) is 9.55 Å². The van der Waals surface area contributed by atoms with Gasteiger partial charge in [0.15, 0.2) is 11.5 Å². The lowest BCUT2D eigenvalue weighted by molar-refractivity contribution is 0.0551. The molecule has 0 aliphatic heterocycles. The third-order valence-corrected chi connectivity index (χ3v) is 4.23. The lowest BCUT2D eigenvalue weighted by Crippen LogP contribution is -2.27. The van der Waals surface area contributed by atoms with E-state index >= 15 is 0 Å². The zero-order valence-electron chi connectivity index (χ0n) is 15.9. The third kappa shape index (κ3) is 3.95. The summed E-state index contributed by atoms with van der Waals surface area (Å²) in [5, 5.41) is 1.68. The number of rotatable bonds is 5. The second kappa shape index (κ2) is 7.64. The summed E-state index contributed by atoms with van der Waals surface area (Å²) in [4.78, 5) is 17.1. The summed E-state index contributed by atoms with van der Waals surface area (Å²) in [6, 6.07) is 5.45. The highest BCUT2D eigenvalue weighted by atomic mass is 35.5. The molecule has 0 fully saturated rings. The molecule has 0 saturated heterocycles. The van der Waals surface area contributed by atoms with Gasteiger partial charge >= 0.3 is 6.09 Å². The van der Waals surface area contributed by atoms with Gasteiger partial charge in [-0.3, -0.25) is 4.98 Å². The van der Waals surface area contributed by atoms with Crippen LogP contribution in [0.4, 0.5) is 4.79 Å². The Labute approximate surface area is 163 Å². The minimum absolute atomic E-state index is 0.453. The minimum Gasteiger partial charge on any atom is -0.493 e. The van der Waals surface area contributed by atoms with E-state index in [2.05, 4.69) is 4.98 Å². The highest BCUT2D eigenvalue weighted by Gasteiger charge is 2.23. The van der Waals surface area contributed by atoms with E-state index in [1.165, 1.54) is 0 Å². The van der Waals surface area contributed by atoms with Crippen molar-refractivity contribution in [2.24, 2.45) is 0 Å². The number of carbonyl (C=O) groups excluding carboxylic acids is 1. The summed E-state index contributed by atoms with van der Waals surface area (Å²) in [6.45, 7) is 5.97. The van der Waals surface area contributed by atoms with Crippen LogP contribution < -0.4 is 9.47 Å². The summed E-state index contributed by atoms with van der Waals surface area (Å²) in [5.74, 6) is 1.65. The fourth-order valence-corrected chi connectivity index (χ4v) is 2.99. The van der Waals surface area contributed by atoms with Gasteiger partial charge in [0.25, 0.3) is 0 Å². The average molecular weight is 391 g/mol. The van der Waals surface area contributed by atoms with E-state index in [0.717, 1.165) is 10.8 Å². The lowest BCUT2D eigenvalue weighted by Gasteiger charge is -2.20. The second-order valence-electron chi connectivity index (χ2n) is 7.12. The van der Waals surface area contributed by atoms with Crippen LogP contribution in [0.25, 0.3) is 21.8 Å². The third-order valence-electron chi connectivity index (χ3n) is 3.96. The molecule has 0 bridgehead atoms. The fraction of sp³-hybridized carbons (Fsp3) is 0.400. The number of nitrogens with zero attached hydrogens (tertiary/aromatic N) is 2. The number of aromatic nitrogens is 2. The van der Waals surface area contributed by atoms with Gasteiger partial charge in [-0.25, -0.2) is 9.36 Å². The Morgan fingerprint density at radius 2 is 1.96 bits per heavy atom. The number of pyridine rings is 1. The van der Waals surface area contributed by atoms with Gasteiger partial charge in [-0.1, -0.05) is 0 Å². The molecule has 0 aliphatic rings. The molecule has 0 radical (unpaired) electrons. The Kier molecular flexibility index (Phi) is 5.46. The molecule has 0 saturated carbocycles. The van der Waals surface area contributed by atoms with Crippen LogP contribution in [0, 0.1) is 0 Å². The molecule has 0 N–H and O–H groups in total. The van der Waals surface area contributed by atoms with Gasteiger partial charge in [0.2, 0.25) is 0 Å². The number of benzene rings is 1. The molecule has 3 rings (SSSR count). The van der Waals surface area contributed by atoms with Crippen molar-refractivity contribution in [1.29, 1.82) is 0 Å². The van der Waals surface area contributed by atoms with Gasteiger partial charge in [-0.05, 0) is 39.3 Å². The van der Waals surface area contributed by atoms with E-state index in [0.29, 0.717) is 41.4 Å². The first-order chi connectivity index (χ1) is 12.9. The number of hydrogen-bond donors (Lipinski definition) is 0. The topological polar surface area (TPSA) is 62.6 Å². The molecule has 27 heavy (non-hydrogen) atoms. The Morgan fingerprint density at radius 3 is 2.63 bits per heavy atom. The van der Waals surface area contributed by atoms with E-state index < -0.39 is 11.7 Å². The van der Waals surface area contributed by atoms with Gasteiger partial charge < -0.3 is 14.2 Å². The molecule has 0 spiro atoms. The van der Waals surface area contributed by atoms with Crippen LogP contribution in [0.1, 0.15) is 27.2 Å². The number of hydrogen-bond acceptors (Lipinski definition) is 5. The van der Waals surface area contributed by atoms with E-state index in [4.69, 9.17) is 25.8 Å². The maximum absolute atomic E-state index is 12.9. The molecule has 6 nitrogen and oxygen atoms in total. The summed E-state index contributed by atoms with van der Waals surface area (Å²) < 4.78 is 18.5. The Bertz CT molecular complexity index is 975. The first-order valence-corrected chi connectivity index (χ1v) is 9.27. The summed E-state index contributed by atoms with van der Waals surface area (Å²) in [7, 11) is 1.58. The van der Waals surface area contributed by atoms with Crippen LogP contribution >= 0.6 is 11.6 Å². The number of ether oxygens (including phenoxy) is 3. The van der Waals surface area contributed by atoms with Crippen LogP contribution in [-0.2, 0) is 4.74 Å². The summed E-state index contributed by atoms with van der Waals surface area (Å²) in [5.41, 5.74) is 0.780. The number of fused-ring (bicyclic) bond motifs is 3. The molecule has 3 aromatic rings. The van der Waals surface area contributed by atoms with Crippen LogP contribution in [0.2, 0.25) is 0 Å². The predicted molar refractivity (Wildman–Crippen MR) is 106 cm³/mol. The molecule has 144 valence electrons. The predicted octanol–water partition coefficient (Wildman–Crippen LogP) is 4.99. The van der Waals surface area contributed by atoms with Gasteiger partial charge in [-0.15, -0.1) is 11.6 Å². The van der Waals surface area contributed by atoms with Crippen molar-refractivity contribution in [3.05, 3.63) is 30.6 Å². The number of alkyl halides is 1. The largest absolute Gasteiger partial charge is 0.493 e. The normalized spacial score (nSPS) is 11.7. The molecule has 0 unspecified atom stereocenters. The van der Waals surface area contributed by atoms with Crippen LogP contribution in [0.5, 0.6) is 11.5 Å². The molecule has 0 aliphatic carbocycles. The SMILES string of the molecule is COc1cc2c3cnccc3n(C(=O)OC(C)(C)C)c2cc1OCCCCl. The number of carbonyl (C=O) groups is 1. The van der Waals surface area contributed by atoms with Crippen molar-refractivity contribution in [3.8, 4) is 11.5 Å². The maximum atomic E-state index is 12.9. The minimum atomic E-state index is -0.612. The zero-order chi connectivity index (χ0) is 19.6. The Hall–Kier alpha value is -2.47. The monoisotopic (exact) mass is 390 g/mol. The second-order valence-corrected chi connectivity index (χ2v) is 7.50. The fourth-order valence-electron chi connectivity index (χ4n) is 2.88. The van der Waals surface area contributed by atoms with E-state index in [1.54, 1.807) is 36.2 Å². The molecule has 2 aromatic heterocycles. The van der Waals surface area contributed by atoms with Crippen LogP contribution in [0.3, 0.4) is 0 Å². The van der Waals surface area contributed by atoms with Crippen LogP contribution in [-0.4, -0.2) is 40.8 Å². The molecular weight excluding hydrogens is 368 g/mol. The van der Waals surface area contributed by atoms with Gasteiger partial charge in [0.05, 0.1) is 24.8 Å². The van der Waals surface area contributed by atoms with Gasteiger partial charge in [-0.2, -0.15) is 0 Å². The highest BCUT2D eigenvalue weighted by molar-refractivity contribution is 6.17. The summed E-state index contributed by atoms with van der Waals surface area (Å²) >= 11 is 5.73. The van der Waals surface area contributed by atoms with Crippen LogP contribution in [0.15, 0.2) is 30.6 Å². The quantitative estimate of drug-likeness (QED) is 0.453. The molecule has 7 heteroatoms. The van der Waals surface area contributed by atoms with Crippen molar-refractivity contribution < 1.29 is 19.0 Å². The average Bonchev–Trinajstić information content (AvgIpc) is 2.93. The zero-order valence-corrected chi connectivity index (χ0v) is 16.7. The van der Waals surface area contributed by atoms with Gasteiger partial charge in [0, 0.05) is 35.1 Å². The molecule has 0 amide bonds. The maximum Gasteiger partial charge on any atom is 0.419 e. The molecule has 0 atom stereocenters. The molecular formula is C20H23ClN2O4. The van der Waals surface area contributed by atoms with E-state index in [-0.39, 0.29) is 0 Å². The highest BCUT2D eigenvalue weighted by Crippen LogP contribution is 2.38. The molecule has 1 aromatic carbocycles. The van der Waals surface area contributed by atoms with Crippen molar-refractivity contribution in [2.45, 2.75) is 32.8 Å². The molecule has 2 heterocycles. The number of methoxy groups -OCH3 is 1. The van der Waals surface area contributed by atoms with E-state index in [1.807, 2.05) is 26.8 Å². The van der Waals surface area contributed by atoms with E-state index in [9.17, 15) is 4.79 Å². The Morgan fingerprint density at radius 1 is 1.19 bits per heavy atom. The first kappa shape index (κ1) is 19.3. The standard InChI is InChI=1S/C20H23ClN2O4/c1-20(2,3)27-19(24)23-15-6-8-22-12-14(15)13-10-17(25-4)18(11-16(13)23)26-9-5-7-21/h6,8,10-12H,5,7,9H2,1-4H3. The smallest absolute Gasteiger partial charge is 0.419 e. The first-order valence-electron chi connectivity index (χ1n) is 8.74. The number of halogens is 1. The van der Waals surface area contributed by atoms with Crippen molar-refractivity contribution in [2.75, 3.05) is 19.6 Å². The lowest BCUT2D eigenvalue weighted by atomic mass is 10.2.